The Balaban J connectivity index is 2.14. The second-order valence-electron chi connectivity index (χ2n) is 6.08. The fourth-order valence-corrected chi connectivity index (χ4v) is 4.85. The second kappa shape index (κ2) is 9.78. The summed E-state index contributed by atoms with van der Waals surface area (Å²) in [6.45, 7) is 2.43. The topological polar surface area (TPSA) is 108 Å². The van der Waals surface area contributed by atoms with Crippen LogP contribution in [0.5, 0.6) is 0 Å². The van der Waals surface area contributed by atoms with Gasteiger partial charge in [-0.05, 0) is 24.6 Å². The lowest BCUT2D eigenvalue weighted by molar-refractivity contribution is -0.122. The summed E-state index contributed by atoms with van der Waals surface area (Å²) in [4.78, 5) is 25.0. The van der Waals surface area contributed by atoms with Crippen LogP contribution in [0.4, 0.5) is 4.79 Å². The molecule has 0 aliphatic heterocycles. The number of nitrogens with zero attached hydrogens (tertiary/aromatic N) is 1. The van der Waals surface area contributed by atoms with Gasteiger partial charge in [0.15, 0.2) is 0 Å². The third-order valence-electron chi connectivity index (χ3n) is 3.82. The third-order valence-corrected chi connectivity index (χ3v) is 7.19. The van der Waals surface area contributed by atoms with Crippen LogP contribution in [0.2, 0.25) is 0 Å². The number of urea groups is 1. The van der Waals surface area contributed by atoms with E-state index in [1.807, 2.05) is 6.07 Å². The van der Waals surface area contributed by atoms with Crippen molar-refractivity contribution in [2.75, 3.05) is 20.6 Å². The largest absolute Gasteiger partial charge is 0.338 e. The molecule has 1 aromatic heterocycles. The molecule has 0 aliphatic carbocycles. The number of thiophene rings is 1. The first-order chi connectivity index (χ1) is 13.3. The van der Waals surface area contributed by atoms with Crippen LogP contribution in [0.3, 0.4) is 0 Å². The molecular weight excluding hydrogens is 400 g/mol. The lowest BCUT2D eigenvalue weighted by Gasteiger charge is -2.18. The van der Waals surface area contributed by atoms with Crippen LogP contribution < -0.4 is 16.0 Å². The van der Waals surface area contributed by atoms with Crippen LogP contribution in [-0.4, -0.2) is 45.3 Å². The molecule has 0 bridgehead atoms. The van der Waals surface area contributed by atoms with E-state index >= 15 is 0 Å². The summed E-state index contributed by atoms with van der Waals surface area (Å²) in [6, 6.07) is 10.9. The molecule has 0 saturated carbocycles. The minimum absolute atomic E-state index is 0.234. The molecule has 1 heterocycles. The predicted molar refractivity (Wildman–Crippen MR) is 108 cm³/mol. The fraction of sp³-hybridized carbons (Fsp3) is 0.333. The van der Waals surface area contributed by atoms with Gasteiger partial charge in [0.05, 0.1) is 0 Å². The predicted octanol–water partition coefficient (Wildman–Crippen LogP) is 1.68. The van der Waals surface area contributed by atoms with Gasteiger partial charge in [0.1, 0.15) is 10.3 Å². The molecule has 10 heteroatoms. The highest BCUT2D eigenvalue weighted by atomic mass is 32.2. The van der Waals surface area contributed by atoms with Gasteiger partial charge >= 0.3 is 6.03 Å². The number of hydrogen-bond donors (Lipinski definition) is 3. The average Bonchev–Trinajstić information content (AvgIpc) is 3.12. The minimum atomic E-state index is -3.49. The number of amides is 3. The smallest absolute Gasteiger partial charge is 0.321 e. The Kier molecular flexibility index (Phi) is 7.69. The van der Waals surface area contributed by atoms with Crippen LogP contribution >= 0.6 is 11.3 Å². The summed E-state index contributed by atoms with van der Waals surface area (Å²) < 4.78 is 25.8. The van der Waals surface area contributed by atoms with Crippen molar-refractivity contribution in [3.8, 4) is 0 Å². The van der Waals surface area contributed by atoms with Gasteiger partial charge in [-0.2, -0.15) is 0 Å². The lowest BCUT2D eigenvalue weighted by atomic mass is 10.1. The number of imide groups is 1. The Hall–Kier alpha value is -2.27. The number of carbonyl (C=O) groups is 2. The Morgan fingerprint density at radius 1 is 1.11 bits per heavy atom. The molecule has 3 N–H and O–H groups in total. The highest BCUT2D eigenvalue weighted by molar-refractivity contribution is 7.91. The maximum Gasteiger partial charge on any atom is 0.321 e. The van der Waals surface area contributed by atoms with Gasteiger partial charge in [-0.25, -0.2) is 17.5 Å². The summed E-state index contributed by atoms with van der Waals surface area (Å²) >= 11 is 1.14. The van der Waals surface area contributed by atoms with Crippen molar-refractivity contribution in [2.45, 2.75) is 23.7 Å². The van der Waals surface area contributed by atoms with E-state index in [2.05, 4.69) is 16.0 Å². The number of hydrogen-bond acceptors (Lipinski definition) is 6. The monoisotopic (exact) mass is 424 g/mol. The Morgan fingerprint density at radius 2 is 1.79 bits per heavy atom. The summed E-state index contributed by atoms with van der Waals surface area (Å²) in [5, 5.41) is 7.93. The van der Waals surface area contributed by atoms with Crippen molar-refractivity contribution in [3.05, 3.63) is 52.9 Å². The lowest BCUT2D eigenvalue weighted by Crippen LogP contribution is -2.44. The number of nitrogens with one attached hydrogen (secondary N) is 3. The number of carbonyl (C=O) groups excluding carboxylic acids is 2. The number of benzene rings is 1. The molecule has 0 radical (unpaired) electrons. The number of sulfonamides is 1. The molecule has 0 fully saturated rings. The normalized spacial score (nSPS) is 12.6. The Bertz CT molecular complexity index is 911. The van der Waals surface area contributed by atoms with Crippen molar-refractivity contribution in [1.82, 2.24) is 20.3 Å². The van der Waals surface area contributed by atoms with E-state index in [-0.39, 0.29) is 10.8 Å². The molecule has 8 nitrogen and oxygen atoms in total. The van der Waals surface area contributed by atoms with Crippen molar-refractivity contribution in [1.29, 1.82) is 0 Å². The Morgan fingerprint density at radius 3 is 2.39 bits per heavy atom. The van der Waals surface area contributed by atoms with Crippen LogP contribution in [0, 0.1) is 0 Å². The van der Waals surface area contributed by atoms with Gasteiger partial charge in [0.2, 0.25) is 5.91 Å². The quantitative estimate of drug-likeness (QED) is 0.598. The molecule has 0 saturated heterocycles. The van der Waals surface area contributed by atoms with Gasteiger partial charge in [-0.15, -0.1) is 11.3 Å². The molecule has 28 heavy (non-hydrogen) atoms. The van der Waals surface area contributed by atoms with Crippen LogP contribution in [0.15, 0.2) is 46.7 Å². The minimum Gasteiger partial charge on any atom is -0.338 e. The summed E-state index contributed by atoms with van der Waals surface area (Å²) in [7, 11) is -0.541. The molecule has 3 amide bonds. The molecule has 1 aromatic carbocycles. The number of rotatable bonds is 8. The molecule has 2 rings (SSSR count). The van der Waals surface area contributed by atoms with E-state index in [4.69, 9.17) is 0 Å². The molecule has 0 aliphatic rings. The molecule has 0 spiro atoms. The van der Waals surface area contributed by atoms with Gasteiger partial charge in [-0.3, -0.25) is 15.4 Å². The van der Waals surface area contributed by atoms with Gasteiger partial charge in [0, 0.05) is 32.1 Å². The van der Waals surface area contributed by atoms with E-state index in [1.54, 1.807) is 43.3 Å². The molecule has 2 aromatic rings. The summed E-state index contributed by atoms with van der Waals surface area (Å²) in [6.07, 6.45) is 0. The zero-order valence-corrected chi connectivity index (χ0v) is 17.6. The summed E-state index contributed by atoms with van der Waals surface area (Å²) in [5.41, 5.74) is 0.696. The molecular formula is C18H24N4O4S2. The average molecular weight is 425 g/mol. The van der Waals surface area contributed by atoms with E-state index in [9.17, 15) is 18.0 Å². The van der Waals surface area contributed by atoms with Crippen LogP contribution in [0.1, 0.15) is 23.4 Å². The summed E-state index contributed by atoms with van der Waals surface area (Å²) in [5.74, 6) is -0.491. The van der Waals surface area contributed by atoms with E-state index in [1.165, 1.54) is 14.1 Å². The zero-order valence-electron chi connectivity index (χ0n) is 15.9. The molecule has 152 valence electrons. The van der Waals surface area contributed by atoms with Crippen molar-refractivity contribution in [3.63, 3.8) is 0 Å². The first-order valence-electron chi connectivity index (χ1n) is 8.64. The first-order valence-corrected chi connectivity index (χ1v) is 10.9. The van der Waals surface area contributed by atoms with E-state index in [0.717, 1.165) is 20.5 Å². The van der Waals surface area contributed by atoms with Gasteiger partial charge in [0.25, 0.3) is 10.0 Å². The van der Waals surface area contributed by atoms with Crippen LogP contribution in [0.25, 0.3) is 0 Å². The SMILES string of the molecule is CCNC(=O)NC(=O)[C@@H](NCc1ccc(S(=O)(=O)N(C)C)s1)c1ccccc1. The van der Waals surface area contributed by atoms with E-state index in [0.29, 0.717) is 12.1 Å². The van der Waals surface area contributed by atoms with Gasteiger partial charge < -0.3 is 5.32 Å². The maximum atomic E-state index is 12.6. The van der Waals surface area contributed by atoms with Crippen molar-refractivity contribution >= 4 is 33.3 Å². The van der Waals surface area contributed by atoms with Gasteiger partial charge in [-0.1, -0.05) is 30.3 Å². The van der Waals surface area contributed by atoms with Crippen LogP contribution in [-0.2, 0) is 21.4 Å². The standard InChI is InChI=1S/C18H24N4O4S2/c1-4-19-18(24)21-17(23)16(13-8-6-5-7-9-13)20-12-14-10-11-15(27-14)28(25,26)22(2)3/h5-11,16,20H,4,12H2,1-3H3,(H2,19,21,23,24)/t16-/m0/s1. The molecule has 1 atom stereocenters. The first kappa shape index (κ1) is 22.0. The molecule has 0 unspecified atom stereocenters. The van der Waals surface area contributed by atoms with E-state index < -0.39 is 28.0 Å². The maximum absolute atomic E-state index is 12.6. The Labute approximate surface area is 169 Å². The second-order valence-corrected chi connectivity index (χ2v) is 9.63. The van der Waals surface area contributed by atoms with Crippen molar-refractivity contribution in [2.24, 2.45) is 0 Å². The van der Waals surface area contributed by atoms with Crippen molar-refractivity contribution < 1.29 is 18.0 Å². The highest BCUT2D eigenvalue weighted by Gasteiger charge is 2.23. The highest BCUT2D eigenvalue weighted by Crippen LogP contribution is 2.24. The third kappa shape index (κ3) is 5.61. The fourth-order valence-electron chi connectivity index (χ4n) is 2.37. The zero-order chi connectivity index (χ0) is 20.7.